The lowest BCUT2D eigenvalue weighted by atomic mass is 10.0. The molecule has 0 spiro atoms. The van der Waals surface area contributed by atoms with Gasteiger partial charge in [0.25, 0.3) is 11.8 Å². The van der Waals surface area contributed by atoms with Crippen molar-refractivity contribution in [2.45, 2.75) is 32.2 Å². The second-order valence-electron chi connectivity index (χ2n) is 6.89. The van der Waals surface area contributed by atoms with Crippen LogP contribution in [0.1, 0.15) is 46.0 Å². The summed E-state index contributed by atoms with van der Waals surface area (Å²) in [6.45, 7) is 2.99. The fourth-order valence-corrected chi connectivity index (χ4v) is 3.53. The van der Waals surface area contributed by atoms with E-state index in [2.05, 4.69) is 15.3 Å². The molecular weight excluding hydrogens is 344 g/mol. The third-order valence-electron chi connectivity index (χ3n) is 4.95. The summed E-state index contributed by atoms with van der Waals surface area (Å²) in [4.78, 5) is 34.4. The van der Waals surface area contributed by atoms with Crippen LogP contribution in [-0.4, -0.2) is 45.8 Å². The highest BCUT2D eigenvalue weighted by Crippen LogP contribution is 2.20. The highest BCUT2D eigenvalue weighted by molar-refractivity contribution is 5.95. The molecule has 0 saturated carbocycles. The van der Waals surface area contributed by atoms with Gasteiger partial charge < -0.3 is 19.6 Å². The standard InChI is InChI=1S/C20H22N4O3/c1-13-7-8-17-16(23-13)11-18(27-17)19(25)22-12-14-5-2-3-10-24(14)20(26)15-6-4-9-21-15/h4,6-9,11,14,21H,2-3,5,10,12H2,1H3,(H,22,25). The van der Waals surface area contributed by atoms with Crippen LogP contribution >= 0.6 is 0 Å². The average Bonchev–Trinajstić information content (AvgIpc) is 3.35. The number of likely N-dealkylation sites (tertiary alicyclic amines) is 1. The number of hydrogen-bond donors (Lipinski definition) is 2. The van der Waals surface area contributed by atoms with Crippen LogP contribution in [0, 0.1) is 6.92 Å². The zero-order valence-corrected chi connectivity index (χ0v) is 15.2. The molecular formula is C20H22N4O3. The second kappa shape index (κ2) is 7.26. The Hall–Kier alpha value is -3.09. The van der Waals surface area contributed by atoms with Crippen LogP contribution in [0.4, 0.5) is 0 Å². The Morgan fingerprint density at radius 3 is 3.04 bits per heavy atom. The van der Waals surface area contributed by atoms with Crippen LogP contribution in [0.3, 0.4) is 0 Å². The lowest BCUT2D eigenvalue weighted by Gasteiger charge is -2.35. The summed E-state index contributed by atoms with van der Waals surface area (Å²) in [7, 11) is 0. The monoisotopic (exact) mass is 366 g/mol. The van der Waals surface area contributed by atoms with Gasteiger partial charge in [0.15, 0.2) is 11.3 Å². The Balaban J connectivity index is 1.44. The number of amides is 2. The number of pyridine rings is 1. The molecule has 7 heteroatoms. The van der Waals surface area contributed by atoms with Crippen molar-refractivity contribution in [1.29, 1.82) is 0 Å². The molecule has 0 radical (unpaired) electrons. The van der Waals surface area contributed by atoms with E-state index in [4.69, 9.17) is 4.42 Å². The van der Waals surface area contributed by atoms with Gasteiger partial charge in [0.1, 0.15) is 11.2 Å². The molecule has 2 N–H and O–H groups in total. The minimum absolute atomic E-state index is 0.0248. The molecule has 140 valence electrons. The predicted octanol–water partition coefficient (Wildman–Crippen LogP) is 2.89. The second-order valence-corrected chi connectivity index (χ2v) is 6.89. The number of aromatic amines is 1. The van der Waals surface area contributed by atoms with E-state index in [1.165, 1.54) is 0 Å². The van der Waals surface area contributed by atoms with Gasteiger partial charge in [-0.1, -0.05) is 0 Å². The van der Waals surface area contributed by atoms with Crippen molar-refractivity contribution >= 4 is 22.9 Å². The summed E-state index contributed by atoms with van der Waals surface area (Å²) in [6, 6.07) is 8.87. The maximum Gasteiger partial charge on any atom is 0.287 e. The maximum absolute atomic E-state index is 12.7. The van der Waals surface area contributed by atoms with Crippen LogP contribution in [0.15, 0.2) is 40.9 Å². The lowest BCUT2D eigenvalue weighted by Crippen LogP contribution is -2.49. The van der Waals surface area contributed by atoms with Crippen molar-refractivity contribution in [3.05, 3.63) is 53.7 Å². The average molecular weight is 366 g/mol. The van der Waals surface area contributed by atoms with Gasteiger partial charge in [-0.2, -0.15) is 0 Å². The number of hydrogen-bond acceptors (Lipinski definition) is 4. The minimum atomic E-state index is -0.288. The zero-order chi connectivity index (χ0) is 18.8. The van der Waals surface area contributed by atoms with Gasteiger partial charge in [0.2, 0.25) is 0 Å². The van der Waals surface area contributed by atoms with Gasteiger partial charge in [-0.15, -0.1) is 0 Å². The molecule has 27 heavy (non-hydrogen) atoms. The molecule has 2 amide bonds. The van der Waals surface area contributed by atoms with Gasteiger partial charge in [-0.05, 0) is 50.5 Å². The smallest absolute Gasteiger partial charge is 0.287 e. The summed E-state index contributed by atoms with van der Waals surface area (Å²) in [5.74, 6) is -0.0768. The number of rotatable bonds is 4. The van der Waals surface area contributed by atoms with E-state index in [-0.39, 0.29) is 23.6 Å². The topological polar surface area (TPSA) is 91.2 Å². The van der Waals surface area contributed by atoms with Gasteiger partial charge in [-0.3, -0.25) is 9.59 Å². The third-order valence-corrected chi connectivity index (χ3v) is 4.95. The number of furan rings is 1. The molecule has 1 aliphatic rings. The summed E-state index contributed by atoms with van der Waals surface area (Å²) in [5.41, 5.74) is 2.70. The third kappa shape index (κ3) is 3.58. The van der Waals surface area contributed by atoms with Crippen LogP contribution < -0.4 is 5.32 Å². The molecule has 4 rings (SSSR count). The molecule has 1 saturated heterocycles. The Morgan fingerprint density at radius 2 is 2.22 bits per heavy atom. The van der Waals surface area contributed by atoms with Crippen LogP contribution in [0.2, 0.25) is 0 Å². The highest BCUT2D eigenvalue weighted by Gasteiger charge is 2.28. The van der Waals surface area contributed by atoms with Crippen LogP contribution in [0.5, 0.6) is 0 Å². The minimum Gasteiger partial charge on any atom is -0.449 e. The first-order valence-electron chi connectivity index (χ1n) is 9.21. The molecule has 4 heterocycles. The van der Waals surface area contributed by atoms with Gasteiger partial charge in [-0.25, -0.2) is 4.98 Å². The summed E-state index contributed by atoms with van der Waals surface area (Å²) >= 11 is 0. The Kier molecular flexibility index (Phi) is 4.66. The number of carbonyl (C=O) groups is 2. The molecule has 1 aliphatic heterocycles. The first kappa shape index (κ1) is 17.3. The molecule has 1 unspecified atom stereocenters. The molecule has 7 nitrogen and oxygen atoms in total. The number of H-pyrrole nitrogens is 1. The van der Waals surface area contributed by atoms with Gasteiger partial charge in [0, 0.05) is 37.1 Å². The highest BCUT2D eigenvalue weighted by atomic mass is 16.3. The Morgan fingerprint density at radius 1 is 1.33 bits per heavy atom. The Bertz CT molecular complexity index is 961. The van der Waals surface area contributed by atoms with Crippen molar-refractivity contribution in [3.63, 3.8) is 0 Å². The SMILES string of the molecule is Cc1ccc2oc(C(=O)NCC3CCCCN3C(=O)c3ccc[nH]3)cc2n1. The molecule has 0 bridgehead atoms. The number of nitrogens with one attached hydrogen (secondary N) is 2. The zero-order valence-electron chi connectivity index (χ0n) is 15.2. The summed E-state index contributed by atoms with van der Waals surface area (Å²) in [6.07, 6.45) is 4.63. The van der Waals surface area contributed by atoms with Crippen molar-refractivity contribution in [3.8, 4) is 0 Å². The summed E-state index contributed by atoms with van der Waals surface area (Å²) < 4.78 is 5.60. The van der Waals surface area contributed by atoms with E-state index in [0.29, 0.717) is 29.9 Å². The quantitative estimate of drug-likeness (QED) is 0.743. The van der Waals surface area contributed by atoms with Gasteiger partial charge >= 0.3 is 0 Å². The van der Waals surface area contributed by atoms with Crippen molar-refractivity contribution in [2.75, 3.05) is 13.1 Å². The van der Waals surface area contributed by atoms with Crippen LogP contribution in [-0.2, 0) is 0 Å². The normalized spacial score (nSPS) is 17.2. The van der Waals surface area contributed by atoms with Crippen molar-refractivity contribution in [2.24, 2.45) is 0 Å². The number of aryl methyl sites for hydroxylation is 1. The molecule has 1 fully saturated rings. The van der Waals surface area contributed by atoms with E-state index < -0.39 is 0 Å². The van der Waals surface area contributed by atoms with E-state index in [1.54, 1.807) is 18.3 Å². The fraction of sp³-hybridized carbons (Fsp3) is 0.350. The molecule has 1 atom stereocenters. The largest absolute Gasteiger partial charge is 0.449 e. The fourth-order valence-electron chi connectivity index (χ4n) is 3.53. The van der Waals surface area contributed by atoms with E-state index >= 15 is 0 Å². The van der Waals surface area contributed by atoms with Crippen molar-refractivity contribution < 1.29 is 14.0 Å². The molecule has 3 aromatic heterocycles. The van der Waals surface area contributed by atoms with E-state index in [9.17, 15) is 9.59 Å². The van der Waals surface area contributed by atoms with E-state index in [1.807, 2.05) is 30.0 Å². The number of carbonyl (C=O) groups excluding carboxylic acids is 2. The Labute approximate surface area is 156 Å². The number of nitrogens with zero attached hydrogens (tertiary/aromatic N) is 2. The lowest BCUT2D eigenvalue weighted by molar-refractivity contribution is 0.0596. The maximum atomic E-state index is 12.7. The number of aromatic nitrogens is 2. The number of fused-ring (bicyclic) bond motifs is 1. The first-order valence-corrected chi connectivity index (χ1v) is 9.21. The number of piperidine rings is 1. The molecule has 3 aromatic rings. The summed E-state index contributed by atoms with van der Waals surface area (Å²) in [5, 5.41) is 2.91. The van der Waals surface area contributed by atoms with Crippen molar-refractivity contribution in [1.82, 2.24) is 20.2 Å². The van der Waals surface area contributed by atoms with Crippen LogP contribution in [0.25, 0.3) is 11.1 Å². The molecule has 0 aromatic carbocycles. The predicted molar refractivity (Wildman–Crippen MR) is 101 cm³/mol. The molecule has 0 aliphatic carbocycles. The van der Waals surface area contributed by atoms with E-state index in [0.717, 1.165) is 25.0 Å². The van der Waals surface area contributed by atoms with Gasteiger partial charge in [0.05, 0.1) is 0 Å². The first-order chi connectivity index (χ1) is 13.1.